The molecule has 3 amide bonds. The van der Waals surface area contributed by atoms with Crippen LogP contribution in [-0.4, -0.2) is 46.7 Å². The first-order valence-corrected chi connectivity index (χ1v) is 14.0. The molecule has 5 aliphatic rings. The summed E-state index contributed by atoms with van der Waals surface area (Å²) in [6, 6.07) is 6.36. The molecule has 6 nitrogen and oxygen atoms in total. The summed E-state index contributed by atoms with van der Waals surface area (Å²) in [5, 5.41) is 5.95. The number of carbonyl (C=O) groups excluding carboxylic acids is 3. The van der Waals surface area contributed by atoms with Crippen LogP contribution in [0.3, 0.4) is 0 Å². The van der Waals surface area contributed by atoms with Crippen LogP contribution in [0.1, 0.15) is 106 Å². The van der Waals surface area contributed by atoms with E-state index in [0.29, 0.717) is 30.6 Å². The first-order chi connectivity index (χ1) is 17.6. The standard InChI is InChI=1S/C14H14N2O3.C13H21F2N.C2H6/c1-8-2-3-10-9(6-8)7-16(14(10)19)11-4-5-12(17)15-13(11)18;14-13(15)8-12(9-13)6-11(7-12)16-10-4-2-1-3-5-10;1-2/h2-3,6,11H,4-5,7H2,1H3,(H,15,17,18);10-11,16H,1-9H2;1-2H3. The molecule has 2 aliphatic heterocycles. The maximum Gasteiger partial charge on any atom is 0.255 e. The van der Waals surface area contributed by atoms with Gasteiger partial charge in [0, 0.05) is 43.5 Å². The number of halogens is 2. The zero-order chi connectivity index (χ0) is 26.8. The van der Waals surface area contributed by atoms with Gasteiger partial charge in [-0.1, -0.05) is 50.8 Å². The van der Waals surface area contributed by atoms with Gasteiger partial charge in [0.25, 0.3) is 5.91 Å². The van der Waals surface area contributed by atoms with Crippen molar-refractivity contribution in [1.29, 1.82) is 0 Å². The Morgan fingerprint density at radius 2 is 1.65 bits per heavy atom. The molecule has 0 bridgehead atoms. The second kappa shape index (κ2) is 11.2. The largest absolute Gasteiger partial charge is 0.322 e. The fourth-order valence-corrected chi connectivity index (χ4v) is 6.74. The van der Waals surface area contributed by atoms with Crippen molar-refractivity contribution in [1.82, 2.24) is 15.5 Å². The van der Waals surface area contributed by atoms with E-state index in [1.165, 1.54) is 32.1 Å². The third-order valence-corrected chi connectivity index (χ3v) is 8.38. The van der Waals surface area contributed by atoms with E-state index >= 15 is 0 Å². The molecule has 1 aromatic rings. The lowest BCUT2D eigenvalue weighted by Gasteiger charge is -2.58. The van der Waals surface area contributed by atoms with Gasteiger partial charge in [0.1, 0.15) is 6.04 Å². The quantitative estimate of drug-likeness (QED) is 0.536. The van der Waals surface area contributed by atoms with Crippen LogP contribution < -0.4 is 10.6 Å². The lowest BCUT2D eigenvalue weighted by atomic mass is 9.52. The molecule has 37 heavy (non-hydrogen) atoms. The average molecular weight is 518 g/mol. The van der Waals surface area contributed by atoms with Crippen molar-refractivity contribution in [2.75, 3.05) is 0 Å². The number of amides is 3. The highest BCUT2D eigenvalue weighted by atomic mass is 19.3. The summed E-state index contributed by atoms with van der Waals surface area (Å²) in [4.78, 5) is 36.8. The summed E-state index contributed by atoms with van der Waals surface area (Å²) in [5.74, 6) is -3.09. The summed E-state index contributed by atoms with van der Waals surface area (Å²) < 4.78 is 25.6. The molecular weight excluding hydrogens is 476 g/mol. The van der Waals surface area contributed by atoms with E-state index in [1.54, 1.807) is 11.0 Å². The van der Waals surface area contributed by atoms with E-state index in [9.17, 15) is 23.2 Å². The van der Waals surface area contributed by atoms with E-state index in [4.69, 9.17) is 0 Å². The number of hydrogen-bond donors (Lipinski definition) is 2. The predicted molar refractivity (Wildman–Crippen MR) is 138 cm³/mol. The minimum atomic E-state index is -2.34. The highest BCUT2D eigenvalue weighted by Crippen LogP contribution is 2.62. The van der Waals surface area contributed by atoms with E-state index < -0.39 is 12.0 Å². The smallest absolute Gasteiger partial charge is 0.255 e. The molecule has 8 heteroatoms. The highest BCUT2D eigenvalue weighted by molar-refractivity contribution is 6.05. The maximum atomic E-state index is 12.8. The van der Waals surface area contributed by atoms with Crippen molar-refractivity contribution in [2.24, 2.45) is 5.41 Å². The Morgan fingerprint density at radius 3 is 2.27 bits per heavy atom. The Labute approximate surface area is 218 Å². The molecule has 3 aliphatic carbocycles. The van der Waals surface area contributed by atoms with E-state index in [2.05, 4.69) is 10.6 Å². The summed E-state index contributed by atoms with van der Waals surface area (Å²) in [6.07, 6.45) is 9.64. The lowest BCUT2D eigenvalue weighted by molar-refractivity contribution is -0.199. The number of aryl methyl sites for hydroxylation is 1. The number of alkyl halides is 2. The third kappa shape index (κ3) is 6.21. The Balaban J connectivity index is 0.000000164. The number of benzene rings is 1. The van der Waals surface area contributed by atoms with Gasteiger partial charge in [0.05, 0.1) is 0 Å². The molecule has 204 valence electrons. The molecule has 2 N–H and O–H groups in total. The van der Waals surface area contributed by atoms with Gasteiger partial charge < -0.3 is 10.2 Å². The van der Waals surface area contributed by atoms with Crippen LogP contribution in [0, 0.1) is 12.3 Å². The van der Waals surface area contributed by atoms with Gasteiger partial charge in [-0.05, 0) is 56.1 Å². The monoisotopic (exact) mass is 517 g/mol. The van der Waals surface area contributed by atoms with Gasteiger partial charge >= 0.3 is 0 Å². The number of nitrogens with zero attached hydrogens (tertiary/aromatic N) is 1. The number of carbonyl (C=O) groups is 3. The zero-order valence-corrected chi connectivity index (χ0v) is 22.4. The summed E-state index contributed by atoms with van der Waals surface area (Å²) in [6.45, 7) is 6.42. The number of piperidine rings is 1. The molecule has 3 saturated carbocycles. The third-order valence-electron chi connectivity index (χ3n) is 8.38. The van der Waals surface area contributed by atoms with Gasteiger partial charge in [0.15, 0.2) is 0 Å². The first kappa shape index (κ1) is 27.7. The Morgan fingerprint density at radius 1 is 0.973 bits per heavy atom. The van der Waals surface area contributed by atoms with E-state index in [1.807, 2.05) is 32.9 Å². The van der Waals surface area contributed by atoms with Crippen LogP contribution in [0.4, 0.5) is 8.78 Å². The minimum Gasteiger partial charge on any atom is -0.322 e. The first-order valence-electron chi connectivity index (χ1n) is 14.0. The second-order valence-corrected chi connectivity index (χ2v) is 11.4. The second-order valence-electron chi connectivity index (χ2n) is 11.4. The Kier molecular flexibility index (Phi) is 8.36. The van der Waals surface area contributed by atoms with Crippen molar-refractivity contribution in [2.45, 2.75) is 122 Å². The Bertz CT molecular complexity index is 1010. The van der Waals surface area contributed by atoms with Gasteiger partial charge in [-0.3, -0.25) is 19.7 Å². The molecule has 1 unspecified atom stereocenters. The molecule has 0 aromatic heterocycles. The summed E-state index contributed by atoms with van der Waals surface area (Å²) >= 11 is 0. The molecular formula is C29H41F2N3O3. The molecule has 4 fully saturated rings. The van der Waals surface area contributed by atoms with Crippen LogP contribution >= 0.6 is 0 Å². The number of fused-ring (bicyclic) bond motifs is 1. The zero-order valence-electron chi connectivity index (χ0n) is 22.4. The topological polar surface area (TPSA) is 78.5 Å². The van der Waals surface area contributed by atoms with Gasteiger partial charge in [-0.15, -0.1) is 0 Å². The van der Waals surface area contributed by atoms with E-state index in [0.717, 1.165) is 24.0 Å². The number of rotatable bonds is 3. The molecule has 1 saturated heterocycles. The summed E-state index contributed by atoms with van der Waals surface area (Å²) in [7, 11) is 0. The molecule has 0 radical (unpaired) electrons. The number of nitrogens with one attached hydrogen (secondary N) is 2. The maximum absolute atomic E-state index is 12.8. The summed E-state index contributed by atoms with van der Waals surface area (Å²) in [5.41, 5.74) is 2.75. The van der Waals surface area contributed by atoms with Crippen molar-refractivity contribution in [3.05, 3.63) is 34.9 Å². The molecule has 2 heterocycles. The molecule has 1 atom stereocenters. The van der Waals surface area contributed by atoms with Crippen molar-refractivity contribution < 1.29 is 23.2 Å². The van der Waals surface area contributed by atoms with Crippen molar-refractivity contribution >= 4 is 17.7 Å². The SMILES string of the molecule is CC.Cc1ccc2c(c1)CN(C1CCC(=O)NC1=O)C2=O.FC1(F)CC2(CC(NC3CCCCC3)C2)C1. The molecule has 6 rings (SSSR count). The van der Waals surface area contributed by atoms with Crippen molar-refractivity contribution in [3.63, 3.8) is 0 Å². The van der Waals surface area contributed by atoms with Crippen LogP contribution in [0.15, 0.2) is 18.2 Å². The van der Waals surface area contributed by atoms with Crippen molar-refractivity contribution in [3.8, 4) is 0 Å². The van der Waals surface area contributed by atoms with Crippen LogP contribution in [-0.2, 0) is 16.1 Å². The fourth-order valence-electron chi connectivity index (χ4n) is 6.74. The van der Waals surface area contributed by atoms with Gasteiger partial charge in [-0.2, -0.15) is 0 Å². The lowest BCUT2D eigenvalue weighted by Crippen LogP contribution is -2.60. The normalized spacial score (nSPS) is 26.1. The Hall–Kier alpha value is -2.35. The number of hydrogen-bond acceptors (Lipinski definition) is 4. The average Bonchev–Trinajstić information content (AvgIpc) is 3.14. The molecule has 1 spiro atoms. The predicted octanol–water partition coefficient (Wildman–Crippen LogP) is 5.27. The van der Waals surface area contributed by atoms with E-state index in [-0.39, 0.29) is 42.4 Å². The highest BCUT2D eigenvalue weighted by Gasteiger charge is 2.61. The van der Waals surface area contributed by atoms with Crippen LogP contribution in [0.2, 0.25) is 0 Å². The van der Waals surface area contributed by atoms with Crippen LogP contribution in [0.5, 0.6) is 0 Å². The fraction of sp³-hybridized carbons (Fsp3) is 0.690. The molecule has 1 aromatic carbocycles. The minimum absolute atomic E-state index is 0.0375. The van der Waals surface area contributed by atoms with Gasteiger partial charge in [0.2, 0.25) is 17.7 Å². The van der Waals surface area contributed by atoms with Crippen LogP contribution in [0.25, 0.3) is 0 Å². The number of imide groups is 1. The van der Waals surface area contributed by atoms with Gasteiger partial charge in [-0.25, -0.2) is 8.78 Å².